The molecule has 0 aromatic heterocycles. The molecule has 0 aliphatic heterocycles. The lowest BCUT2D eigenvalue weighted by Crippen LogP contribution is -2.46. The van der Waals surface area contributed by atoms with E-state index in [-0.39, 0.29) is 19.0 Å². The van der Waals surface area contributed by atoms with E-state index in [1.165, 1.54) is 0 Å². The van der Waals surface area contributed by atoms with Crippen LogP contribution in [-0.2, 0) is 0 Å². The molecule has 0 aromatic rings. The highest BCUT2D eigenvalue weighted by Gasteiger charge is 2.37. The first-order valence-electron chi connectivity index (χ1n) is 4.32. The number of hydrogen-bond acceptors (Lipinski definition) is 2. The summed E-state index contributed by atoms with van der Waals surface area (Å²) in [7, 11) is 0. The Balaban J connectivity index is 2.52. The van der Waals surface area contributed by atoms with Gasteiger partial charge in [0.15, 0.2) is 0 Å². The van der Waals surface area contributed by atoms with Crippen molar-refractivity contribution in [1.82, 2.24) is 0 Å². The summed E-state index contributed by atoms with van der Waals surface area (Å²) in [6.07, 6.45) is 4.20. The Morgan fingerprint density at radius 3 is 2.00 bits per heavy atom. The number of nitrogens with two attached hydrogens (primary N) is 2. The maximum atomic E-state index is 13.7. The maximum Gasteiger partial charge on any atom is 0.138 e. The van der Waals surface area contributed by atoms with E-state index in [0.29, 0.717) is 0 Å². The summed E-state index contributed by atoms with van der Waals surface area (Å²) in [5, 5.41) is 0. The molecule has 0 amide bonds. The molecule has 4 N–H and O–H groups in total. The predicted octanol–water partition coefficient (Wildman–Crippen LogP) is 0.802. The summed E-state index contributed by atoms with van der Waals surface area (Å²) in [4.78, 5) is 0. The molecule has 1 saturated carbocycles. The van der Waals surface area contributed by atoms with Crippen molar-refractivity contribution in [3.05, 3.63) is 0 Å². The second kappa shape index (κ2) is 3.50. The van der Waals surface area contributed by atoms with Gasteiger partial charge in [0.2, 0.25) is 0 Å². The number of alkyl halides is 1. The molecule has 1 rings (SSSR count). The minimum Gasteiger partial charge on any atom is -0.327 e. The molecule has 0 aromatic carbocycles. The van der Waals surface area contributed by atoms with Gasteiger partial charge in [-0.1, -0.05) is 12.8 Å². The third kappa shape index (κ3) is 1.71. The van der Waals surface area contributed by atoms with Crippen molar-refractivity contribution in [2.45, 2.75) is 31.4 Å². The van der Waals surface area contributed by atoms with Gasteiger partial charge in [-0.2, -0.15) is 0 Å². The Kier molecular flexibility index (Phi) is 2.84. The van der Waals surface area contributed by atoms with E-state index >= 15 is 0 Å². The highest BCUT2D eigenvalue weighted by Crippen LogP contribution is 2.35. The van der Waals surface area contributed by atoms with Crippen molar-refractivity contribution in [3.63, 3.8) is 0 Å². The van der Waals surface area contributed by atoms with Gasteiger partial charge in [-0.3, -0.25) is 0 Å². The van der Waals surface area contributed by atoms with Crippen LogP contribution in [0.3, 0.4) is 0 Å². The molecule has 1 aliphatic rings. The zero-order valence-corrected chi connectivity index (χ0v) is 6.85. The van der Waals surface area contributed by atoms with Crippen LogP contribution < -0.4 is 11.5 Å². The summed E-state index contributed by atoms with van der Waals surface area (Å²) < 4.78 is 13.7. The fraction of sp³-hybridized carbons (Fsp3) is 1.00. The van der Waals surface area contributed by atoms with E-state index < -0.39 is 5.67 Å². The first-order chi connectivity index (χ1) is 5.23. The molecule has 0 saturated heterocycles. The number of hydrogen-bond donors (Lipinski definition) is 2. The Bertz CT molecular complexity index is 117. The largest absolute Gasteiger partial charge is 0.327 e. The molecule has 1 fully saturated rings. The van der Waals surface area contributed by atoms with Crippen LogP contribution in [0.5, 0.6) is 0 Å². The lowest BCUT2D eigenvalue weighted by molar-refractivity contribution is 0.102. The van der Waals surface area contributed by atoms with Crippen molar-refractivity contribution in [3.8, 4) is 0 Å². The Hall–Kier alpha value is -0.150. The van der Waals surface area contributed by atoms with Crippen molar-refractivity contribution in [1.29, 1.82) is 0 Å². The molecule has 11 heavy (non-hydrogen) atoms. The van der Waals surface area contributed by atoms with E-state index in [0.717, 1.165) is 25.7 Å². The summed E-state index contributed by atoms with van der Waals surface area (Å²) in [5.41, 5.74) is 9.40. The fourth-order valence-corrected chi connectivity index (χ4v) is 1.86. The van der Waals surface area contributed by atoms with Crippen LogP contribution in [-0.4, -0.2) is 18.8 Å². The first kappa shape index (κ1) is 8.94. The van der Waals surface area contributed by atoms with Crippen LogP contribution in [0.1, 0.15) is 25.7 Å². The molecule has 0 atom stereocenters. The molecule has 0 unspecified atom stereocenters. The molecule has 3 heteroatoms. The molecular weight excluding hydrogens is 143 g/mol. The lowest BCUT2D eigenvalue weighted by Gasteiger charge is -2.28. The Morgan fingerprint density at radius 2 is 1.64 bits per heavy atom. The highest BCUT2D eigenvalue weighted by molar-refractivity contribution is 4.91. The third-order valence-corrected chi connectivity index (χ3v) is 2.77. The van der Waals surface area contributed by atoms with Crippen molar-refractivity contribution in [2.75, 3.05) is 13.1 Å². The maximum absolute atomic E-state index is 13.7. The summed E-state index contributed by atoms with van der Waals surface area (Å²) in [6.45, 7) is 0.155. The van der Waals surface area contributed by atoms with Gasteiger partial charge in [0.05, 0.1) is 0 Å². The van der Waals surface area contributed by atoms with Crippen molar-refractivity contribution < 1.29 is 4.39 Å². The smallest absolute Gasteiger partial charge is 0.138 e. The minimum absolute atomic E-state index is 0.0775. The van der Waals surface area contributed by atoms with Crippen LogP contribution in [0.15, 0.2) is 0 Å². The van der Waals surface area contributed by atoms with Crippen LogP contribution in [0.25, 0.3) is 0 Å². The molecule has 0 spiro atoms. The summed E-state index contributed by atoms with van der Waals surface area (Å²) in [6, 6.07) is 0. The van der Waals surface area contributed by atoms with Gasteiger partial charge in [-0.25, -0.2) is 4.39 Å². The topological polar surface area (TPSA) is 52.0 Å². The van der Waals surface area contributed by atoms with Crippen molar-refractivity contribution in [2.24, 2.45) is 17.4 Å². The minimum atomic E-state index is -1.28. The van der Waals surface area contributed by atoms with Crippen LogP contribution in [0.4, 0.5) is 4.39 Å². The third-order valence-electron chi connectivity index (χ3n) is 2.77. The summed E-state index contributed by atoms with van der Waals surface area (Å²) in [5.74, 6) is 0.123. The monoisotopic (exact) mass is 160 g/mol. The van der Waals surface area contributed by atoms with E-state index in [1.807, 2.05) is 0 Å². The molecule has 0 heterocycles. The Labute approximate surface area is 67.1 Å². The summed E-state index contributed by atoms with van der Waals surface area (Å²) >= 11 is 0. The van der Waals surface area contributed by atoms with Crippen molar-refractivity contribution >= 4 is 0 Å². The van der Waals surface area contributed by atoms with Gasteiger partial charge in [0.25, 0.3) is 0 Å². The lowest BCUT2D eigenvalue weighted by atomic mass is 9.88. The first-order valence-corrected chi connectivity index (χ1v) is 4.32. The zero-order valence-electron chi connectivity index (χ0n) is 6.85. The van der Waals surface area contributed by atoms with Crippen LogP contribution >= 0.6 is 0 Å². The second-order valence-electron chi connectivity index (χ2n) is 3.42. The molecule has 0 radical (unpaired) electrons. The SMILES string of the molecule is NCC(F)(CN)C1CCCC1. The van der Waals surface area contributed by atoms with E-state index in [2.05, 4.69) is 0 Å². The van der Waals surface area contributed by atoms with E-state index in [4.69, 9.17) is 11.5 Å². The van der Waals surface area contributed by atoms with Gasteiger partial charge in [0, 0.05) is 13.1 Å². The molecular formula is C8H17FN2. The fourth-order valence-electron chi connectivity index (χ4n) is 1.86. The molecule has 66 valence electrons. The molecule has 2 nitrogen and oxygen atoms in total. The normalized spacial score (nSPS) is 21.0. The zero-order chi connectivity index (χ0) is 8.32. The van der Waals surface area contributed by atoms with Crippen LogP contribution in [0, 0.1) is 5.92 Å². The van der Waals surface area contributed by atoms with Gasteiger partial charge < -0.3 is 11.5 Å². The number of halogens is 1. The van der Waals surface area contributed by atoms with E-state index in [9.17, 15) is 4.39 Å². The highest BCUT2D eigenvalue weighted by atomic mass is 19.1. The quantitative estimate of drug-likeness (QED) is 0.641. The average Bonchev–Trinajstić information content (AvgIpc) is 2.55. The van der Waals surface area contributed by atoms with E-state index in [1.54, 1.807) is 0 Å². The second-order valence-corrected chi connectivity index (χ2v) is 3.42. The van der Waals surface area contributed by atoms with Gasteiger partial charge in [0.1, 0.15) is 5.67 Å². The van der Waals surface area contributed by atoms with Crippen LogP contribution in [0.2, 0.25) is 0 Å². The van der Waals surface area contributed by atoms with Gasteiger partial charge >= 0.3 is 0 Å². The Morgan fingerprint density at radius 1 is 1.18 bits per heavy atom. The predicted molar refractivity (Wildman–Crippen MR) is 43.9 cm³/mol. The molecule has 1 aliphatic carbocycles. The van der Waals surface area contributed by atoms with Gasteiger partial charge in [-0.05, 0) is 18.8 Å². The van der Waals surface area contributed by atoms with Gasteiger partial charge in [-0.15, -0.1) is 0 Å². The standard InChI is InChI=1S/C8H17FN2/c9-8(5-10,6-11)7-3-1-2-4-7/h7H,1-6,10-11H2. The molecule has 0 bridgehead atoms. The average molecular weight is 160 g/mol. The number of rotatable bonds is 3.